The van der Waals surface area contributed by atoms with Crippen LogP contribution in [-0.4, -0.2) is 23.2 Å². The Morgan fingerprint density at radius 3 is 2.30 bits per heavy atom. The zero-order chi connectivity index (χ0) is 19.5. The van der Waals surface area contributed by atoms with E-state index in [0.29, 0.717) is 19.3 Å². The number of benzene rings is 2. The first-order valence-electron chi connectivity index (χ1n) is 9.01. The summed E-state index contributed by atoms with van der Waals surface area (Å²) in [5.74, 6) is -0.563. The normalized spacial score (nSPS) is 10.7. The average Bonchev–Trinajstić information content (AvgIpc) is 2.68. The largest absolute Gasteiger partial charge is 0.289 e. The van der Waals surface area contributed by atoms with Gasteiger partial charge in [-0.2, -0.15) is 5.10 Å². The molecule has 0 unspecified atom stereocenters. The van der Waals surface area contributed by atoms with Gasteiger partial charge in [0.15, 0.2) is 0 Å². The van der Waals surface area contributed by atoms with Crippen LogP contribution in [0.1, 0.15) is 43.2 Å². The Morgan fingerprint density at radius 2 is 1.63 bits per heavy atom. The van der Waals surface area contributed by atoms with Crippen LogP contribution < -0.4 is 10.9 Å². The summed E-state index contributed by atoms with van der Waals surface area (Å²) >= 11 is 0. The molecule has 0 aliphatic rings. The summed E-state index contributed by atoms with van der Waals surface area (Å²) in [4.78, 5) is 22.6. The van der Waals surface area contributed by atoms with Crippen LogP contribution >= 0.6 is 0 Å². The predicted molar refractivity (Wildman–Crippen MR) is 105 cm³/mol. The second-order valence-corrected chi connectivity index (χ2v) is 6.33. The van der Waals surface area contributed by atoms with E-state index in [1.165, 1.54) is 11.1 Å². The highest BCUT2D eigenvalue weighted by Gasteiger charge is 2.02. The van der Waals surface area contributed by atoms with Gasteiger partial charge in [0.05, 0.1) is 6.21 Å². The highest BCUT2D eigenvalue weighted by molar-refractivity contribution is 5.83. The molecule has 0 radical (unpaired) electrons. The van der Waals surface area contributed by atoms with E-state index in [4.69, 9.17) is 5.21 Å². The van der Waals surface area contributed by atoms with E-state index in [9.17, 15) is 9.59 Å². The van der Waals surface area contributed by atoms with Crippen LogP contribution in [0.4, 0.5) is 0 Å². The molecule has 2 rings (SSSR count). The smallest absolute Gasteiger partial charge is 0.243 e. The number of nitrogens with one attached hydrogen (secondary N) is 2. The fourth-order valence-corrected chi connectivity index (χ4v) is 2.68. The number of hydrogen-bond donors (Lipinski definition) is 3. The Balaban J connectivity index is 1.74. The fourth-order valence-electron chi connectivity index (χ4n) is 2.68. The van der Waals surface area contributed by atoms with Gasteiger partial charge in [-0.05, 0) is 42.0 Å². The number of amides is 2. The van der Waals surface area contributed by atoms with E-state index in [2.05, 4.69) is 29.6 Å². The maximum atomic E-state index is 11.7. The summed E-state index contributed by atoms with van der Waals surface area (Å²) in [5, 5.41) is 12.4. The van der Waals surface area contributed by atoms with Crippen molar-refractivity contribution >= 4 is 18.0 Å². The molecule has 27 heavy (non-hydrogen) atoms. The molecule has 0 aromatic heterocycles. The Bertz CT molecular complexity index is 786. The van der Waals surface area contributed by atoms with Crippen LogP contribution in [0.3, 0.4) is 0 Å². The number of nitrogens with zero attached hydrogens (tertiary/aromatic N) is 1. The molecule has 2 amide bonds. The van der Waals surface area contributed by atoms with Gasteiger partial charge in [-0.15, -0.1) is 0 Å². The third-order valence-corrected chi connectivity index (χ3v) is 4.20. The van der Waals surface area contributed by atoms with Gasteiger partial charge in [-0.1, -0.05) is 55.0 Å². The third-order valence-electron chi connectivity index (χ3n) is 4.20. The van der Waals surface area contributed by atoms with Crippen LogP contribution in [0.2, 0.25) is 0 Å². The highest BCUT2D eigenvalue weighted by Crippen LogP contribution is 2.22. The maximum Gasteiger partial charge on any atom is 0.243 e. The molecule has 0 spiro atoms. The summed E-state index contributed by atoms with van der Waals surface area (Å²) < 4.78 is 0. The Kier molecular flexibility index (Phi) is 8.19. The molecule has 3 N–H and O–H groups in total. The van der Waals surface area contributed by atoms with Gasteiger partial charge in [0, 0.05) is 12.8 Å². The number of carbonyl (C=O) groups is 2. The predicted octanol–water partition coefficient (Wildman–Crippen LogP) is 3.57. The summed E-state index contributed by atoms with van der Waals surface area (Å²) in [6.07, 6.45) is 4.27. The molecule has 0 saturated heterocycles. The minimum atomic E-state index is -0.405. The fraction of sp³-hybridized carbons (Fsp3) is 0.286. The third kappa shape index (κ3) is 7.03. The molecule has 0 fully saturated rings. The Hall–Kier alpha value is -2.99. The van der Waals surface area contributed by atoms with Crippen molar-refractivity contribution in [2.24, 2.45) is 5.10 Å². The van der Waals surface area contributed by atoms with E-state index < -0.39 is 5.91 Å². The number of unbranched alkanes of at least 4 members (excludes halogenated alkanes) is 2. The lowest BCUT2D eigenvalue weighted by atomic mass is 10.00. The molecular weight excluding hydrogens is 342 g/mol. The minimum Gasteiger partial charge on any atom is -0.289 e. The van der Waals surface area contributed by atoms with E-state index in [-0.39, 0.29) is 12.3 Å². The average molecular weight is 367 g/mol. The molecule has 0 atom stereocenters. The molecule has 2 aromatic rings. The van der Waals surface area contributed by atoms with Crippen molar-refractivity contribution in [2.45, 2.75) is 39.0 Å². The molecular formula is C21H25N3O3. The van der Waals surface area contributed by atoms with Crippen molar-refractivity contribution in [1.29, 1.82) is 0 Å². The zero-order valence-electron chi connectivity index (χ0n) is 15.4. The topological polar surface area (TPSA) is 90.8 Å². The first-order chi connectivity index (χ1) is 13.1. The van der Waals surface area contributed by atoms with Crippen molar-refractivity contribution in [3.8, 4) is 11.1 Å². The first kappa shape index (κ1) is 20.3. The molecule has 2 aromatic carbocycles. The number of hydrazone groups is 1. The molecule has 142 valence electrons. The van der Waals surface area contributed by atoms with Crippen molar-refractivity contribution in [2.75, 3.05) is 0 Å². The van der Waals surface area contributed by atoms with E-state index in [1.54, 1.807) is 11.7 Å². The zero-order valence-corrected chi connectivity index (χ0v) is 15.4. The molecule has 0 aliphatic carbocycles. The molecule has 0 bridgehead atoms. The molecule has 0 heterocycles. The first-order valence-corrected chi connectivity index (χ1v) is 9.01. The van der Waals surface area contributed by atoms with Gasteiger partial charge in [-0.3, -0.25) is 14.8 Å². The lowest BCUT2D eigenvalue weighted by Gasteiger charge is -2.05. The molecule has 0 saturated carbocycles. The molecule has 6 heteroatoms. The summed E-state index contributed by atoms with van der Waals surface area (Å²) in [7, 11) is 0. The van der Waals surface area contributed by atoms with Crippen LogP contribution in [0, 0.1) is 6.92 Å². The van der Waals surface area contributed by atoms with Crippen molar-refractivity contribution in [3.63, 3.8) is 0 Å². The van der Waals surface area contributed by atoms with E-state index in [1.807, 2.05) is 36.4 Å². The lowest BCUT2D eigenvalue weighted by Crippen LogP contribution is -2.18. The van der Waals surface area contributed by atoms with Gasteiger partial charge in [0.25, 0.3) is 0 Å². The minimum absolute atomic E-state index is 0.158. The van der Waals surface area contributed by atoms with Gasteiger partial charge in [0.1, 0.15) is 0 Å². The standard InChI is InChI=1S/C21H25N3O3/c1-16-7-5-6-8-19(16)18-13-11-17(12-14-18)15-22-23-20(25)9-3-2-4-10-21(26)24-27/h5-8,11-15,27H,2-4,9-10H2,1H3,(H,23,25)(H,24,26)/b22-15+. The van der Waals surface area contributed by atoms with Crippen LogP contribution in [0.25, 0.3) is 11.1 Å². The van der Waals surface area contributed by atoms with Crippen LogP contribution in [0.5, 0.6) is 0 Å². The summed E-state index contributed by atoms with van der Waals surface area (Å²) in [5.41, 5.74) is 8.57. The quantitative estimate of drug-likeness (QED) is 0.274. The van der Waals surface area contributed by atoms with Crippen molar-refractivity contribution < 1.29 is 14.8 Å². The van der Waals surface area contributed by atoms with Crippen molar-refractivity contribution in [3.05, 3.63) is 59.7 Å². The van der Waals surface area contributed by atoms with Gasteiger partial charge in [0.2, 0.25) is 11.8 Å². The van der Waals surface area contributed by atoms with Crippen molar-refractivity contribution in [1.82, 2.24) is 10.9 Å². The highest BCUT2D eigenvalue weighted by atomic mass is 16.5. The lowest BCUT2D eigenvalue weighted by molar-refractivity contribution is -0.129. The second-order valence-electron chi connectivity index (χ2n) is 6.33. The molecule has 6 nitrogen and oxygen atoms in total. The van der Waals surface area contributed by atoms with Gasteiger partial charge in [-0.25, -0.2) is 10.9 Å². The summed E-state index contributed by atoms with van der Waals surface area (Å²) in [6, 6.07) is 16.2. The van der Waals surface area contributed by atoms with E-state index >= 15 is 0 Å². The summed E-state index contributed by atoms with van der Waals surface area (Å²) in [6.45, 7) is 2.08. The second kappa shape index (κ2) is 10.9. The number of carbonyl (C=O) groups excluding carboxylic acids is 2. The Labute approximate surface area is 159 Å². The Morgan fingerprint density at radius 1 is 0.963 bits per heavy atom. The van der Waals surface area contributed by atoms with Gasteiger partial charge < -0.3 is 0 Å². The van der Waals surface area contributed by atoms with Crippen LogP contribution in [-0.2, 0) is 9.59 Å². The van der Waals surface area contributed by atoms with Crippen LogP contribution in [0.15, 0.2) is 53.6 Å². The monoisotopic (exact) mass is 367 g/mol. The number of hydrogen-bond acceptors (Lipinski definition) is 4. The SMILES string of the molecule is Cc1ccccc1-c1ccc(/C=N/NC(=O)CCCCCC(=O)NO)cc1. The molecule has 0 aliphatic heterocycles. The maximum absolute atomic E-state index is 11.7. The number of hydroxylamine groups is 1. The van der Waals surface area contributed by atoms with E-state index in [0.717, 1.165) is 17.5 Å². The van der Waals surface area contributed by atoms with Gasteiger partial charge >= 0.3 is 0 Å². The number of aryl methyl sites for hydroxylation is 1. The number of rotatable bonds is 9.